The molecule has 0 radical (unpaired) electrons. The third kappa shape index (κ3) is 3.14. The number of hydrogen-bond acceptors (Lipinski definition) is 4. The summed E-state index contributed by atoms with van der Waals surface area (Å²) in [6, 6.07) is 9.53. The summed E-state index contributed by atoms with van der Waals surface area (Å²) < 4.78 is 8.28. The van der Waals surface area contributed by atoms with E-state index < -0.39 is 5.97 Å². The van der Waals surface area contributed by atoms with Crippen molar-refractivity contribution in [3.05, 3.63) is 46.8 Å². The number of furan rings is 1. The first kappa shape index (κ1) is 14.2. The van der Waals surface area contributed by atoms with Gasteiger partial charge in [0.1, 0.15) is 5.76 Å². The molecule has 0 atom stereocenters. The van der Waals surface area contributed by atoms with Gasteiger partial charge in [-0.25, -0.2) is 4.98 Å². The van der Waals surface area contributed by atoms with Gasteiger partial charge in [0.25, 0.3) is 0 Å². The second kappa shape index (κ2) is 5.95. The zero-order chi connectivity index (χ0) is 14.8. The first-order valence-electron chi connectivity index (χ1n) is 6.16. The van der Waals surface area contributed by atoms with E-state index in [0.717, 1.165) is 21.3 Å². The van der Waals surface area contributed by atoms with Gasteiger partial charge in [0.2, 0.25) is 0 Å². The lowest BCUT2D eigenvalue weighted by atomic mass is 10.3. The normalized spacial score (nSPS) is 11.1. The quantitative estimate of drug-likeness (QED) is 0.698. The second-order valence-corrected chi connectivity index (χ2v) is 6.23. The van der Waals surface area contributed by atoms with Crippen molar-refractivity contribution in [2.45, 2.75) is 11.7 Å². The summed E-state index contributed by atoms with van der Waals surface area (Å²) in [6.07, 6.45) is 1.62. The number of benzene rings is 1. The summed E-state index contributed by atoms with van der Waals surface area (Å²) in [5.74, 6) is -0.0879. The molecule has 3 aromatic rings. The van der Waals surface area contributed by atoms with Gasteiger partial charge in [-0.3, -0.25) is 4.79 Å². The summed E-state index contributed by atoms with van der Waals surface area (Å²) in [4.78, 5) is 15.3. The van der Waals surface area contributed by atoms with E-state index in [4.69, 9.17) is 9.52 Å². The Hall–Kier alpha value is -1.73. The molecule has 0 unspecified atom stereocenters. The minimum atomic E-state index is -0.863. The third-order valence-electron chi connectivity index (χ3n) is 2.89. The molecule has 108 valence electrons. The summed E-state index contributed by atoms with van der Waals surface area (Å²) in [5, 5.41) is 9.53. The highest BCUT2D eigenvalue weighted by Crippen LogP contribution is 2.27. The van der Waals surface area contributed by atoms with E-state index in [1.165, 1.54) is 11.8 Å². The number of carbonyl (C=O) groups is 1. The molecule has 0 fully saturated rings. The van der Waals surface area contributed by atoms with Crippen molar-refractivity contribution < 1.29 is 14.3 Å². The Morgan fingerprint density at radius 1 is 1.43 bits per heavy atom. The first-order valence-corrected chi connectivity index (χ1v) is 7.94. The zero-order valence-electron chi connectivity index (χ0n) is 10.8. The van der Waals surface area contributed by atoms with E-state index in [2.05, 4.69) is 20.9 Å². The number of fused-ring (bicyclic) bond motifs is 1. The maximum atomic E-state index is 10.8. The number of hydrogen-bond donors (Lipinski definition) is 1. The summed E-state index contributed by atoms with van der Waals surface area (Å²) >= 11 is 4.62. The van der Waals surface area contributed by atoms with Crippen LogP contribution in [0.4, 0.5) is 0 Å². The summed E-state index contributed by atoms with van der Waals surface area (Å²) in [6.45, 7) is 0.521. The number of carboxylic acid groups (broad SMARTS) is 1. The molecule has 0 aliphatic rings. The molecule has 0 saturated heterocycles. The minimum absolute atomic E-state index is 0.0252. The number of halogens is 1. The maximum absolute atomic E-state index is 10.8. The SMILES string of the molecule is O=C(O)CSc1nc2cc(Br)ccc2n1Cc1ccco1. The lowest BCUT2D eigenvalue weighted by Crippen LogP contribution is -2.04. The van der Waals surface area contributed by atoms with Gasteiger partial charge < -0.3 is 14.1 Å². The van der Waals surface area contributed by atoms with Crippen LogP contribution in [0.15, 0.2) is 50.6 Å². The first-order chi connectivity index (χ1) is 10.1. The molecule has 2 heterocycles. The van der Waals surface area contributed by atoms with Crippen LogP contribution in [0, 0.1) is 0 Å². The van der Waals surface area contributed by atoms with E-state index >= 15 is 0 Å². The van der Waals surface area contributed by atoms with Crippen LogP contribution in [0.3, 0.4) is 0 Å². The van der Waals surface area contributed by atoms with Crippen molar-refractivity contribution >= 4 is 44.7 Å². The molecular formula is C14H11BrN2O3S. The number of carboxylic acids is 1. The second-order valence-electron chi connectivity index (χ2n) is 4.38. The van der Waals surface area contributed by atoms with Crippen molar-refractivity contribution in [3.63, 3.8) is 0 Å². The van der Waals surface area contributed by atoms with E-state index in [-0.39, 0.29) is 5.75 Å². The number of rotatable bonds is 5. The van der Waals surface area contributed by atoms with Crippen molar-refractivity contribution in [1.29, 1.82) is 0 Å². The zero-order valence-corrected chi connectivity index (χ0v) is 13.2. The number of aliphatic carboxylic acids is 1. The lowest BCUT2D eigenvalue weighted by Gasteiger charge is -2.06. The van der Waals surface area contributed by atoms with Crippen molar-refractivity contribution in [2.24, 2.45) is 0 Å². The van der Waals surface area contributed by atoms with Crippen molar-refractivity contribution in [1.82, 2.24) is 9.55 Å². The Kier molecular flexibility index (Phi) is 4.03. The van der Waals surface area contributed by atoms with Crippen LogP contribution in [0.2, 0.25) is 0 Å². The third-order valence-corrected chi connectivity index (χ3v) is 4.35. The Morgan fingerprint density at radius 2 is 2.29 bits per heavy atom. The van der Waals surface area contributed by atoms with Gasteiger partial charge in [-0.15, -0.1) is 0 Å². The van der Waals surface area contributed by atoms with E-state index in [0.29, 0.717) is 11.7 Å². The Morgan fingerprint density at radius 3 is 3.00 bits per heavy atom. The van der Waals surface area contributed by atoms with Gasteiger partial charge in [-0.05, 0) is 30.3 Å². The van der Waals surface area contributed by atoms with Crippen molar-refractivity contribution in [3.8, 4) is 0 Å². The van der Waals surface area contributed by atoms with Crippen LogP contribution in [-0.2, 0) is 11.3 Å². The highest BCUT2D eigenvalue weighted by atomic mass is 79.9. The Balaban J connectivity index is 2.03. The van der Waals surface area contributed by atoms with Gasteiger partial charge in [0, 0.05) is 4.47 Å². The molecular weight excluding hydrogens is 356 g/mol. The van der Waals surface area contributed by atoms with Gasteiger partial charge >= 0.3 is 5.97 Å². The summed E-state index contributed by atoms with van der Waals surface area (Å²) in [5.41, 5.74) is 1.77. The fraction of sp³-hybridized carbons (Fsp3) is 0.143. The highest BCUT2D eigenvalue weighted by Gasteiger charge is 2.14. The van der Waals surface area contributed by atoms with Crippen LogP contribution >= 0.6 is 27.7 Å². The molecule has 3 rings (SSSR count). The molecule has 0 amide bonds. The molecule has 0 saturated carbocycles. The topological polar surface area (TPSA) is 68.3 Å². The Labute approximate surface area is 133 Å². The molecule has 5 nitrogen and oxygen atoms in total. The van der Waals surface area contributed by atoms with Crippen LogP contribution in [-0.4, -0.2) is 26.4 Å². The maximum Gasteiger partial charge on any atom is 0.313 e. The molecule has 0 bridgehead atoms. The highest BCUT2D eigenvalue weighted by molar-refractivity contribution is 9.10. The van der Waals surface area contributed by atoms with Crippen LogP contribution < -0.4 is 0 Å². The van der Waals surface area contributed by atoms with Crippen LogP contribution in [0.5, 0.6) is 0 Å². The number of imidazole rings is 1. The standard InChI is InChI=1S/C14H11BrN2O3S/c15-9-3-4-12-11(6-9)16-14(21-8-13(18)19)17(12)7-10-2-1-5-20-10/h1-6H,7-8H2,(H,18,19). The number of nitrogens with zero attached hydrogens (tertiary/aromatic N) is 2. The average molecular weight is 367 g/mol. The van der Waals surface area contributed by atoms with Gasteiger partial charge in [0.05, 0.1) is 29.6 Å². The molecule has 0 spiro atoms. The minimum Gasteiger partial charge on any atom is -0.481 e. The van der Waals surface area contributed by atoms with Gasteiger partial charge in [0.15, 0.2) is 5.16 Å². The van der Waals surface area contributed by atoms with E-state index in [1.54, 1.807) is 6.26 Å². The average Bonchev–Trinajstić information content (AvgIpc) is 3.05. The predicted octanol–water partition coefficient (Wildman–Crippen LogP) is 3.62. The molecule has 21 heavy (non-hydrogen) atoms. The molecule has 1 aromatic carbocycles. The molecule has 7 heteroatoms. The monoisotopic (exact) mass is 366 g/mol. The van der Waals surface area contributed by atoms with Crippen LogP contribution in [0.25, 0.3) is 11.0 Å². The van der Waals surface area contributed by atoms with Crippen molar-refractivity contribution in [2.75, 3.05) is 5.75 Å². The smallest absolute Gasteiger partial charge is 0.313 e. The summed E-state index contributed by atoms with van der Waals surface area (Å²) in [7, 11) is 0. The van der Waals surface area contributed by atoms with Gasteiger partial charge in [-0.2, -0.15) is 0 Å². The molecule has 2 aromatic heterocycles. The fourth-order valence-corrected chi connectivity index (χ4v) is 3.11. The fourth-order valence-electron chi connectivity index (χ4n) is 2.03. The molecule has 0 aliphatic carbocycles. The number of aromatic nitrogens is 2. The van der Waals surface area contributed by atoms with E-state index in [1.807, 2.05) is 34.9 Å². The predicted molar refractivity (Wildman–Crippen MR) is 83.6 cm³/mol. The Bertz CT molecular complexity index is 783. The molecule has 0 aliphatic heterocycles. The largest absolute Gasteiger partial charge is 0.481 e. The molecule has 1 N–H and O–H groups in total. The van der Waals surface area contributed by atoms with Crippen LogP contribution in [0.1, 0.15) is 5.76 Å². The number of thioether (sulfide) groups is 1. The lowest BCUT2D eigenvalue weighted by molar-refractivity contribution is -0.133. The van der Waals surface area contributed by atoms with Gasteiger partial charge in [-0.1, -0.05) is 27.7 Å². The van der Waals surface area contributed by atoms with E-state index in [9.17, 15) is 4.79 Å².